The van der Waals surface area contributed by atoms with Crippen molar-refractivity contribution in [2.75, 3.05) is 41.6 Å². The maximum atomic E-state index is 13.5. The third kappa shape index (κ3) is 9.57. The highest BCUT2D eigenvalue weighted by atomic mass is 35.5. The minimum Gasteiger partial charge on any atom is -0.489 e. The Balaban J connectivity index is 0.784. The van der Waals surface area contributed by atoms with Gasteiger partial charge < -0.3 is 34.0 Å². The van der Waals surface area contributed by atoms with Crippen LogP contribution in [0.25, 0.3) is 22.0 Å². The molecule has 18 heteroatoms. The molecule has 2 aliphatic heterocycles. The lowest BCUT2D eigenvalue weighted by atomic mass is 9.49. The van der Waals surface area contributed by atoms with E-state index in [1.54, 1.807) is 75.2 Å². The molecule has 5 heterocycles. The summed E-state index contributed by atoms with van der Waals surface area (Å²) in [5.41, 5.74) is 1.91. The quantitative estimate of drug-likeness (QED) is 0.0949. The number of piperidine rings is 1. The van der Waals surface area contributed by atoms with Crippen molar-refractivity contribution in [3.05, 3.63) is 118 Å². The van der Waals surface area contributed by atoms with Gasteiger partial charge in [-0.3, -0.25) is 19.2 Å². The van der Waals surface area contributed by atoms with Crippen molar-refractivity contribution in [3.8, 4) is 40.2 Å². The van der Waals surface area contributed by atoms with E-state index in [2.05, 4.69) is 68.6 Å². The number of sulfonamides is 1. The van der Waals surface area contributed by atoms with Gasteiger partial charge in [-0.1, -0.05) is 45.4 Å². The molecular formula is C51H56ClN9O7S. The summed E-state index contributed by atoms with van der Waals surface area (Å²) in [6.45, 7) is 13.1. The van der Waals surface area contributed by atoms with Crippen LogP contribution in [-0.2, 0) is 17.1 Å². The number of carbonyl (C=O) groups excluding carboxylic acids is 1. The topological polar surface area (TPSA) is 197 Å². The molecule has 9 rings (SSSR count). The second kappa shape index (κ2) is 18.7. The van der Waals surface area contributed by atoms with Gasteiger partial charge in [-0.15, -0.1) is 0 Å². The van der Waals surface area contributed by atoms with Gasteiger partial charge in [-0.05, 0) is 74.7 Å². The van der Waals surface area contributed by atoms with Crippen LogP contribution in [0.3, 0.4) is 0 Å². The number of anilines is 2. The Kier molecular flexibility index (Phi) is 12.9. The van der Waals surface area contributed by atoms with E-state index in [-0.39, 0.29) is 35.5 Å². The number of pyridine rings is 1. The molecule has 3 aliphatic rings. The highest BCUT2D eigenvalue weighted by molar-refractivity contribution is 7.92. The Labute approximate surface area is 406 Å². The third-order valence-electron chi connectivity index (χ3n) is 13.9. The molecule has 3 N–H and O–H groups in total. The zero-order valence-electron chi connectivity index (χ0n) is 39.5. The number of hydrogen-bond donors (Lipinski definition) is 3. The number of ether oxygens (including phenoxy) is 3. The van der Waals surface area contributed by atoms with Crippen molar-refractivity contribution in [1.29, 1.82) is 5.26 Å². The molecule has 1 saturated carbocycles. The van der Waals surface area contributed by atoms with E-state index in [0.29, 0.717) is 78.9 Å². The first-order valence-corrected chi connectivity index (χ1v) is 25.2. The summed E-state index contributed by atoms with van der Waals surface area (Å²) in [7, 11) is -1.88. The summed E-state index contributed by atoms with van der Waals surface area (Å²) in [5.74, 6) is 2.55. The van der Waals surface area contributed by atoms with Crippen molar-refractivity contribution in [2.45, 2.75) is 78.2 Å². The van der Waals surface area contributed by atoms with E-state index in [0.717, 1.165) is 45.4 Å². The predicted octanol–water partition coefficient (Wildman–Crippen LogP) is 8.14. The van der Waals surface area contributed by atoms with Gasteiger partial charge >= 0.3 is 0 Å². The fourth-order valence-corrected chi connectivity index (χ4v) is 11.4. The van der Waals surface area contributed by atoms with Crippen LogP contribution in [0.1, 0.15) is 69.8 Å². The molecule has 2 saturated heterocycles. The number of fused-ring (bicyclic) bond motifs is 1. The normalized spacial score (nSPS) is 20.2. The van der Waals surface area contributed by atoms with Gasteiger partial charge in [-0.25, -0.2) is 18.4 Å². The highest BCUT2D eigenvalue weighted by Crippen LogP contribution is 2.55. The number of aromatic nitrogens is 4. The van der Waals surface area contributed by atoms with Crippen LogP contribution < -0.4 is 34.7 Å². The first-order chi connectivity index (χ1) is 32.9. The number of nitrogens with zero attached hydrogens (tertiary/aromatic N) is 6. The van der Waals surface area contributed by atoms with Crippen molar-refractivity contribution < 1.29 is 27.4 Å². The van der Waals surface area contributed by atoms with Crippen LogP contribution in [0.4, 0.5) is 11.6 Å². The highest BCUT2D eigenvalue weighted by Gasteiger charge is 2.64. The monoisotopic (exact) mass is 973 g/mol. The first-order valence-electron chi connectivity index (χ1n) is 23.2. The molecule has 1 aliphatic carbocycles. The number of carbonyl (C=O) groups is 1. The van der Waals surface area contributed by atoms with Crippen LogP contribution in [0, 0.1) is 22.2 Å². The molecular weight excluding hydrogens is 918 g/mol. The summed E-state index contributed by atoms with van der Waals surface area (Å²) in [6.07, 6.45) is 9.16. The minimum atomic E-state index is -3.55. The Bertz CT molecular complexity index is 3110. The second-order valence-electron chi connectivity index (χ2n) is 19.3. The lowest BCUT2D eigenvalue weighted by Gasteiger charge is -2.63. The Morgan fingerprint density at radius 3 is 2.36 bits per heavy atom. The van der Waals surface area contributed by atoms with Gasteiger partial charge in [-0.2, -0.15) is 5.26 Å². The van der Waals surface area contributed by atoms with E-state index >= 15 is 0 Å². The molecule has 3 fully saturated rings. The van der Waals surface area contributed by atoms with Crippen molar-refractivity contribution in [3.63, 3.8) is 0 Å². The SMILES string of the molecule is CCS(=O)(=O)Nc1ccc(Oc2cccc(OC3CCN(C4CCN(c5ncc(C(=O)NC6C(C)(C)C(Oc7ccc(C#N)c(Cl)c7)C6(C)C)cn5)CC4)C3)c2)c(-c2cn(C)c(=O)c3[nH]ccc23)c1. The largest absolute Gasteiger partial charge is 0.489 e. The predicted molar refractivity (Wildman–Crippen MR) is 266 cm³/mol. The number of nitrogens with one attached hydrogen (secondary N) is 3. The fraction of sp³-hybridized carbons (Fsp3) is 0.392. The number of rotatable bonds is 14. The minimum absolute atomic E-state index is 0.00893. The van der Waals surface area contributed by atoms with Crippen molar-refractivity contribution >= 4 is 50.1 Å². The molecule has 3 aromatic heterocycles. The summed E-state index contributed by atoms with van der Waals surface area (Å²) < 4.78 is 48.6. The van der Waals surface area contributed by atoms with E-state index < -0.39 is 20.9 Å². The maximum absolute atomic E-state index is 13.5. The van der Waals surface area contributed by atoms with Crippen LogP contribution in [-0.4, -0.2) is 95.0 Å². The van der Waals surface area contributed by atoms with Gasteiger partial charge in [0.05, 0.1) is 21.9 Å². The lowest BCUT2D eigenvalue weighted by Crippen LogP contribution is -2.74. The molecule has 0 radical (unpaired) electrons. The standard InChI is InChI=1S/C51H56ClN9O7S/c1-7-69(64,65)58-33-12-14-43(40(23-33)41-30-59(6)46(63)44-39(41)15-19-54-44)67-36-10-8-9-35(24-36)66-38-18-22-61(29-38)34-16-20-60(21-17-34)49-55-27-32(28-56-49)45(62)57-47-50(2,3)48(51(47,4)5)68-37-13-11-31(26-53)42(52)25-37/h8-15,19,23-25,27-28,30,34,38,47-48,54,58H,7,16-18,20-22,29H2,1-6H3,(H,57,62). The van der Waals surface area contributed by atoms with Crippen molar-refractivity contribution in [1.82, 2.24) is 29.7 Å². The van der Waals surface area contributed by atoms with Gasteiger partial charge in [0.25, 0.3) is 11.5 Å². The molecule has 16 nitrogen and oxygen atoms in total. The molecule has 1 amide bonds. The lowest BCUT2D eigenvalue weighted by molar-refractivity contribution is -0.164. The van der Waals surface area contributed by atoms with Crippen LogP contribution in [0.15, 0.2) is 96.3 Å². The van der Waals surface area contributed by atoms with E-state index in [4.69, 9.17) is 25.8 Å². The van der Waals surface area contributed by atoms with Gasteiger partial charge in [0.1, 0.15) is 46.8 Å². The molecule has 1 atom stereocenters. The number of likely N-dealkylation sites (tertiary alicyclic amines) is 1. The zero-order valence-corrected chi connectivity index (χ0v) is 41.0. The smallest absolute Gasteiger partial charge is 0.274 e. The Morgan fingerprint density at radius 2 is 1.65 bits per heavy atom. The van der Waals surface area contributed by atoms with Crippen LogP contribution >= 0.6 is 11.6 Å². The van der Waals surface area contributed by atoms with Crippen LogP contribution in [0.2, 0.25) is 5.02 Å². The molecule has 3 aromatic carbocycles. The maximum Gasteiger partial charge on any atom is 0.274 e. The molecule has 0 bridgehead atoms. The summed E-state index contributed by atoms with van der Waals surface area (Å²) >= 11 is 6.27. The molecule has 69 heavy (non-hydrogen) atoms. The number of H-pyrrole nitrogens is 1. The zero-order chi connectivity index (χ0) is 48.8. The van der Waals surface area contributed by atoms with E-state index in [1.807, 2.05) is 30.3 Å². The Morgan fingerprint density at radius 1 is 0.928 bits per heavy atom. The third-order valence-corrected chi connectivity index (χ3v) is 15.5. The molecule has 360 valence electrons. The number of hydrogen-bond acceptors (Lipinski definition) is 12. The average molecular weight is 975 g/mol. The molecule has 0 spiro atoms. The van der Waals surface area contributed by atoms with E-state index in [1.165, 1.54) is 4.57 Å². The molecule has 1 unspecified atom stereocenters. The number of amides is 1. The number of halogens is 1. The van der Waals surface area contributed by atoms with Gasteiger partial charge in [0.2, 0.25) is 16.0 Å². The second-order valence-corrected chi connectivity index (χ2v) is 21.8. The fourth-order valence-electron chi connectivity index (χ4n) is 10.6. The molecule has 6 aromatic rings. The summed E-state index contributed by atoms with van der Waals surface area (Å²) in [5, 5.41) is 13.5. The van der Waals surface area contributed by atoms with Crippen LogP contribution in [0.5, 0.6) is 23.0 Å². The van der Waals surface area contributed by atoms with E-state index in [9.17, 15) is 23.3 Å². The van der Waals surface area contributed by atoms with Gasteiger partial charge in [0, 0.05) is 115 Å². The summed E-state index contributed by atoms with van der Waals surface area (Å²) in [6, 6.07) is 21.7. The number of nitriles is 1. The average Bonchev–Trinajstić information content (AvgIpc) is 4.03. The number of aromatic amines is 1. The Hall–Kier alpha value is -6.61. The first kappa shape index (κ1) is 47.5. The summed E-state index contributed by atoms with van der Waals surface area (Å²) in [4.78, 5) is 43.4. The number of benzene rings is 3. The van der Waals surface area contributed by atoms with Crippen molar-refractivity contribution in [2.24, 2.45) is 17.9 Å². The number of aryl methyl sites for hydroxylation is 1. The van der Waals surface area contributed by atoms with Gasteiger partial charge in [0.15, 0.2) is 0 Å².